The summed E-state index contributed by atoms with van der Waals surface area (Å²) in [4.78, 5) is 17.3. The van der Waals surface area contributed by atoms with E-state index in [1.807, 2.05) is 84.9 Å². The van der Waals surface area contributed by atoms with Crippen molar-refractivity contribution < 1.29 is 8.83 Å². The van der Waals surface area contributed by atoms with Gasteiger partial charge < -0.3 is 8.83 Å². The van der Waals surface area contributed by atoms with Crippen molar-refractivity contribution in [1.82, 2.24) is 4.98 Å². The van der Waals surface area contributed by atoms with E-state index in [-0.39, 0.29) is 5.89 Å². The molecule has 2 aromatic heterocycles. The minimum atomic E-state index is -0.464. The lowest BCUT2D eigenvalue weighted by molar-refractivity contribution is 0.556. The molecule has 0 bridgehead atoms. The summed E-state index contributed by atoms with van der Waals surface area (Å²) in [5, 5.41) is 2.76. The molecule has 0 N–H and O–H groups in total. The Bertz CT molecular complexity index is 1610. The normalized spacial score (nSPS) is 11.5. The van der Waals surface area contributed by atoms with E-state index in [4.69, 9.17) is 8.83 Å². The Morgan fingerprint density at radius 1 is 0.667 bits per heavy atom. The Hall–Kier alpha value is -4.18. The van der Waals surface area contributed by atoms with Crippen LogP contribution in [0.4, 0.5) is 0 Å². The SMILES string of the molecule is O=c1oc2c(ccc3ccccc32)cc1-c1nc2cc(-c3ccccc3)ccc2o1. The van der Waals surface area contributed by atoms with E-state index < -0.39 is 5.63 Å². The van der Waals surface area contributed by atoms with Crippen LogP contribution >= 0.6 is 0 Å². The van der Waals surface area contributed by atoms with Gasteiger partial charge in [0, 0.05) is 10.8 Å². The number of nitrogens with zero attached hydrogens (tertiary/aromatic N) is 1. The molecule has 0 aliphatic carbocycles. The molecule has 0 aliphatic rings. The molecule has 0 atom stereocenters. The molecule has 0 radical (unpaired) electrons. The van der Waals surface area contributed by atoms with E-state index in [9.17, 15) is 4.79 Å². The molecule has 0 amide bonds. The van der Waals surface area contributed by atoms with Crippen molar-refractivity contribution in [3.63, 3.8) is 0 Å². The van der Waals surface area contributed by atoms with Crippen molar-refractivity contribution in [1.29, 1.82) is 0 Å². The van der Waals surface area contributed by atoms with Gasteiger partial charge in [-0.05, 0) is 34.7 Å². The van der Waals surface area contributed by atoms with E-state index >= 15 is 0 Å². The summed E-state index contributed by atoms with van der Waals surface area (Å²) >= 11 is 0. The van der Waals surface area contributed by atoms with Crippen molar-refractivity contribution in [2.24, 2.45) is 0 Å². The van der Waals surface area contributed by atoms with Gasteiger partial charge in [0.15, 0.2) is 5.58 Å². The zero-order chi connectivity index (χ0) is 20.1. The molecule has 30 heavy (non-hydrogen) atoms. The van der Waals surface area contributed by atoms with Crippen LogP contribution in [0.15, 0.2) is 105 Å². The van der Waals surface area contributed by atoms with Crippen molar-refractivity contribution in [2.45, 2.75) is 0 Å². The van der Waals surface area contributed by atoms with E-state index in [0.29, 0.717) is 22.2 Å². The van der Waals surface area contributed by atoms with Gasteiger partial charge in [-0.15, -0.1) is 0 Å². The smallest absolute Gasteiger partial charge is 0.349 e. The number of oxazole rings is 1. The summed E-state index contributed by atoms with van der Waals surface area (Å²) in [5.74, 6) is 0.263. The molecule has 0 unspecified atom stereocenters. The highest BCUT2D eigenvalue weighted by atomic mass is 16.4. The number of fused-ring (bicyclic) bond motifs is 4. The lowest BCUT2D eigenvalue weighted by atomic mass is 10.1. The fourth-order valence-electron chi connectivity index (χ4n) is 3.85. The first-order valence-corrected chi connectivity index (χ1v) is 9.68. The molecule has 6 aromatic rings. The predicted octanol–water partition coefficient (Wildman–Crippen LogP) is 6.42. The maximum atomic E-state index is 12.8. The summed E-state index contributed by atoms with van der Waals surface area (Å²) in [6.07, 6.45) is 0. The Kier molecular flexibility index (Phi) is 3.59. The number of aromatic nitrogens is 1. The molecule has 4 aromatic carbocycles. The molecular weight excluding hydrogens is 374 g/mol. The fraction of sp³-hybridized carbons (Fsp3) is 0. The molecule has 4 nitrogen and oxygen atoms in total. The second kappa shape index (κ2) is 6.42. The lowest BCUT2D eigenvalue weighted by Crippen LogP contribution is -2.03. The summed E-state index contributed by atoms with van der Waals surface area (Å²) in [6.45, 7) is 0. The zero-order valence-corrected chi connectivity index (χ0v) is 15.8. The summed E-state index contributed by atoms with van der Waals surface area (Å²) in [5.41, 5.74) is 3.89. The van der Waals surface area contributed by atoms with Crippen LogP contribution in [0.3, 0.4) is 0 Å². The molecule has 0 saturated heterocycles. The summed E-state index contributed by atoms with van der Waals surface area (Å²) in [6, 6.07) is 29.5. The third-order valence-corrected chi connectivity index (χ3v) is 5.35. The van der Waals surface area contributed by atoms with Gasteiger partial charge in [0.2, 0.25) is 5.89 Å². The molecule has 2 heterocycles. The van der Waals surface area contributed by atoms with Gasteiger partial charge >= 0.3 is 5.63 Å². The average molecular weight is 389 g/mol. The topological polar surface area (TPSA) is 56.2 Å². The molecule has 0 saturated carbocycles. The number of hydrogen-bond acceptors (Lipinski definition) is 4. The Morgan fingerprint density at radius 3 is 2.37 bits per heavy atom. The van der Waals surface area contributed by atoms with Crippen LogP contribution in [0.25, 0.3) is 55.4 Å². The van der Waals surface area contributed by atoms with Gasteiger partial charge in [-0.25, -0.2) is 9.78 Å². The molecular formula is C26H15NO3. The third-order valence-electron chi connectivity index (χ3n) is 5.35. The predicted molar refractivity (Wildman–Crippen MR) is 118 cm³/mol. The van der Waals surface area contributed by atoms with Crippen LogP contribution in [0.5, 0.6) is 0 Å². The van der Waals surface area contributed by atoms with Crippen molar-refractivity contribution in [3.05, 3.63) is 101 Å². The van der Waals surface area contributed by atoms with Gasteiger partial charge in [-0.2, -0.15) is 0 Å². The summed E-state index contributed by atoms with van der Waals surface area (Å²) in [7, 11) is 0. The Morgan fingerprint density at radius 2 is 1.47 bits per heavy atom. The van der Waals surface area contributed by atoms with E-state index in [2.05, 4.69) is 4.98 Å². The first kappa shape index (κ1) is 16.7. The second-order valence-electron chi connectivity index (χ2n) is 7.22. The van der Waals surface area contributed by atoms with Gasteiger partial charge in [0.25, 0.3) is 0 Å². The largest absolute Gasteiger partial charge is 0.436 e. The number of hydrogen-bond donors (Lipinski definition) is 0. The highest BCUT2D eigenvalue weighted by Gasteiger charge is 2.16. The van der Waals surface area contributed by atoms with Crippen LogP contribution in [0.1, 0.15) is 0 Å². The summed E-state index contributed by atoms with van der Waals surface area (Å²) < 4.78 is 11.6. The standard InChI is InChI=1S/C26H15NO3/c28-26-21(14-19-11-10-17-8-4-5-9-20(17)24(19)30-26)25-27-22-15-18(12-13-23(22)29-25)16-6-2-1-3-7-16/h1-15H. The monoisotopic (exact) mass is 389 g/mol. The van der Waals surface area contributed by atoms with Crippen LogP contribution in [-0.4, -0.2) is 4.98 Å². The van der Waals surface area contributed by atoms with Gasteiger partial charge in [-0.3, -0.25) is 0 Å². The Balaban J connectivity index is 1.52. The minimum Gasteiger partial charge on any atom is -0.436 e. The highest BCUT2D eigenvalue weighted by Crippen LogP contribution is 2.30. The quantitative estimate of drug-likeness (QED) is 0.253. The average Bonchev–Trinajstić information content (AvgIpc) is 3.22. The van der Waals surface area contributed by atoms with Crippen LogP contribution < -0.4 is 5.63 Å². The van der Waals surface area contributed by atoms with Crippen LogP contribution in [0, 0.1) is 0 Å². The second-order valence-corrected chi connectivity index (χ2v) is 7.22. The van der Waals surface area contributed by atoms with Crippen molar-refractivity contribution in [3.8, 4) is 22.6 Å². The molecule has 0 fully saturated rings. The molecule has 0 aliphatic heterocycles. The first-order chi connectivity index (χ1) is 14.8. The first-order valence-electron chi connectivity index (χ1n) is 9.68. The van der Waals surface area contributed by atoms with Gasteiger partial charge in [0.05, 0.1) is 0 Å². The highest BCUT2D eigenvalue weighted by molar-refractivity contribution is 6.04. The van der Waals surface area contributed by atoms with Crippen LogP contribution in [0.2, 0.25) is 0 Å². The third kappa shape index (κ3) is 2.62. The lowest BCUT2D eigenvalue weighted by Gasteiger charge is -2.03. The Labute approximate surface area is 171 Å². The molecule has 6 rings (SSSR count). The molecule has 0 spiro atoms. The zero-order valence-electron chi connectivity index (χ0n) is 15.8. The van der Waals surface area contributed by atoms with E-state index in [1.54, 1.807) is 6.07 Å². The van der Waals surface area contributed by atoms with E-state index in [1.165, 1.54) is 0 Å². The molecule has 4 heteroatoms. The maximum Gasteiger partial charge on any atom is 0.349 e. The number of rotatable bonds is 2. The molecule has 142 valence electrons. The van der Waals surface area contributed by atoms with Crippen molar-refractivity contribution >= 4 is 32.8 Å². The van der Waals surface area contributed by atoms with Crippen molar-refractivity contribution in [2.75, 3.05) is 0 Å². The number of benzene rings is 4. The maximum absolute atomic E-state index is 12.8. The minimum absolute atomic E-state index is 0.263. The van der Waals surface area contributed by atoms with E-state index in [0.717, 1.165) is 27.3 Å². The van der Waals surface area contributed by atoms with Crippen LogP contribution in [-0.2, 0) is 0 Å². The fourth-order valence-corrected chi connectivity index (χ4v) is 3.85. The van der Waals surface area contributed by atoms with Gasteiger partial charge in [-0.1, -0.05) is 72.8 Å². The van der Waals surface area contributed by atoms with Gasteiger partial charge in [0.1, 0.15) is 16.7 Å².